The largest absolute Gasteiger partial charge is 0.472 e. The number of benzene rings is 2. The van der Waals surface area contributed by atoms with Gasteiger partial charge in [-0.1, -0.05) is 42.5 Å². The fraction of sp³-hybridized carbons (Fsp3) is 0.190. The third-order valence-corrected chi connectivity index (χ3v) is 4.05. The molecule has 0 aliphatic heterocycles. The lowest BCUT2D eigenvalue weighted by atomic mass is 10.0. The molecular weight excluding hydrogens is 314 g/mol. The van der Waals surface area contributed by atoms with Crippen molar-refractivity contribution in [3.8, 4) is 11.1 Å². The minimum atomic E-state index is -0.0159. The van der Waals surface area contributed by atoms with E-state index < -0.39 is 0 Å². The smallest absolute Gasteiger partial charge is 0.254 e. The van der Waals surface area contributed by atoms with Crippen molar-refractivity contribution in [2.45, 2.75) is 6.54 Å². The Morgan fingerprint density at radius 2 is 1.72 bits per heavy atom. The maximum Gasteiger partial charge on any atom is 0.254 e. The number of rotatable bonds is 7. The van der Waals surface area contributed by atoms with Crippen LogP contribution in [0.5, 0.6) is 0 Å². The summed E-state index contributed by atoms with van der Waals surface area (Å²) in [6.07, 6.45) is 3.27. The third kappa shape index (κ3) is 4.37. The number of carbonyl (C=O) groups excluding carboxylic acids is 1. The molecule has 3 rings (SSSR count). The Bertz CT molecular complexity index is 780. The van der Waals surface area contributed by atoms with E-state index in [0.29, 0.717) is 25.3 Å². The summed E-state index contributed by atoms with van der Waals surface area (Å²) in [5.74, 6) is -0.0159. The van der Waals surface area contributed by atoms with Crippen molar-refractivity contribution in [1.29, 1.82) is 0 Å². The van der Waals surface area contributed by atoms with Gasteiger partial charge in [0.25, 0.3) is 5.91 Å². The zero-order valence-corrected chi connectivity index (χ0v) is 14.2. The van der Waals surface area contributed by atoms with Crippen LogP contribution in [0, 0.1) is 0 Å². The van der Waals surface area contributed by atoms with Crippen LogP contribution in [0.25, 0.3) is 11.1 Å². The van der Waals surface area contributed by atoms with E-state index >= 15 is 0 Å². The second kappa shape index (κ2) is 8.31. The average Bonchev–Trinajstić information content (AvgIpc) is 3.18. The third-order valence-electron chi connectivity index (χ3n) is 4.05. The monoisotopic (exact) mass is 335 g/mol. The van der Waals surface area contributed by atoms with Crippen LogP contribution >= 0.6 is 0 Å². The van der Waals surface area contributed by atoms with Crippen molar-refractivity contribution in [1.82, 2.24) is 4.90 Å². The highest BCUT2D eigenvalue weighted by Gasteiger charge is 2.16. The highest BCUT2D eigenvalue weighted by atomic mass is 16.5. The SMILES string of the molecule is COCCN(Cc1ccoc1)C(=O)c1ccc(-c2ccccc2)cc1. The van der Waals surface area contributed by atoms with Crippen LogP contribution < -0.4 is 0 Å². The van der Waals surface area contributed by atoms with E-state index in [1.54, 1.807) is 24.5 Å². The van der Waals surface area contributed by atoms with Gasteiger partial charge >= 0.3 is 0 Å². The molecular formula is C21H21NO3. The molecule has 0 bridgehead atoms. The van der Waals surface area contributed by atoms with Gasteiger partial charge in [0.05, 0.1) is 19.1 Å². The summed E-state index contributed by atoms with van der Waals surface area (Å²) < 4.78 is 10.2. The summed E-state index contributed by atoms with van der Waals surface area (Å²) in [6.45, 7) is 1.52. The Morgan fingerprint density at radius 1 is 1.00 bits per heavy atom. The number of nitrogens with zero attached hydrogens (tertiary/aromatic N) is 1. The fourth-order valence-corrected chi connectivity index (χ4v) is 2.68. The van der Waals surface area contributed by atoms with E-state index in [-0.39, 0.29) is 5.91 Å². The summed E-state index contributed by atoms with van der Waals surface area (Å²) in [4.78, 5) is 14.6. The highest BCUT2D eigenvalue weighted by molar-refractivity contribution is 5.94. The number of carbonyl (C=O) groups is 1. The Hall–Kier alpha value is -2.85. The molecule has 0 atom stereocenters. The highest BCUT2D eigenvalue weighted by Crippen LogP contribution is 2.20. The van der Waals surface area contributed by atoms with Gasteiger partial charge in [0.2, 0.25) is 0 Å². The standard InChI is InChI=1S/C21H21NO3/c1-24-14-12-22(15-17-11-13-25-16-17)21(23)20-9-7-19(8-10-20)18-5-3-2-4-6-18/h2-11,13,16H,12,14-15H2,1H3. The molecule has 1 amide bonds. The minimum Gasteiger partial charge on any atom is -0.472 e. The Labute approximate surface area is 147 Å². The van der Waals surface area contributed by atoms with Gasteiger partial charge in [-0.2, -0.15) is 0 Å². The molecule has 2 aromatic carbocycles. The zero-order chi connectivity index (χ0) is 17.5. The minimum absolute atomic E-state index is 0.0159. The molecule has 0 fully saturated rings. The molecule has 1 heterocycles. The number of amides is 1. The predicted octanol–water partition coefficient (Wildman–Crippen LogP) is 4.24. The molecule has 4 nitrogen and oxygen atoms in total. The van der Waals surface area contributed by atoms with Crippen LogP contribution in [0.4, 0.5) is 0 Å². The molecule has 128 valence electrons. The van der Waals surface area contributed by atoms with Crippen LogP contribution in [0.2, 0.25) is 0 Å². The molecule has 0 aliphatic rings. The maximum absolute atomic E-state index is 12.9. The lowest BCUT2D eigenvalue weighted by molar-refractivity contribution is 0.0680. The first-order valence-electron chi connectivity index (χ1n) is 8.22. The molecule has 0 aliphatic carbocycles. The van der Waals surface area contributed by atoms with Crippen LogP contribution in [0.3, 0.4) is 0 Å². The van der Waals surface area contributed by atoms with Crippen molar-refractivity contribution in [3.05, 3.63) is 84.3 Å². The average molecular weight is 335 g/mol. The predicted molar refractivity (Wildman–Crippen MR) is 97.2 cm³/mol. The Balaban J connectivity index is 1.76. The quantitative estimate of drug-likeness (QED) is 0.649. The first-order valence-corrected chi connectivity index (χ1v) is 8.22. The summed E-state index contributed by atoms with van der Waals surface area (Å²) in [5.41, 5.74) is 3.86. The number of hydrogen-bond acceptors (Lipinski definition) is 3. The number of hydrogen-bond donors (Lipinski definition) is 0. The normalized spacial score (nSPS) is 10.6. The van der Waals surface area contributed by atoms with Gasteiger partial charge in [-0.15, -0.1) is 0 Å². The van der Waals surface area contributed by atoms with Gasteiger partial charge in [-0.05, 0) is 29.3 Å². The summed E-state index contributed by atoms with van der Waals surface area (Å²) in [6, 6.07) is 19.7. The first-order chi connectivity index (χ1) is 12.3. The second-order valence-corrected chi connectivity index (χ2v) is 5.79. The lowest BCUT2D eigenvalue weighted by Gasteiger charge is -2.22. The number of furan rings is 1. The van der Waals surface area contributed by atoms with Crippen molar-refractivity contribution >= 4 is 5.91 Å². The lowest BCUT2D eigenvalue weighted by Crippen LogP contribution is -2.33. The molecule has 1 aromatic heterocycles. The molecule has 3 aromatic rings. The van der Waals surface area contributed by atoms with E-state index in [1.807, 2.05) is 48.5 Å². The van der Waals surface area contributed by atoms with E-state index in [0.717, 1.165) is 16.7 Å². The van der Waals surface area contributed by atoms with Gasteiger partial charge in [0.1, 0.15) is 0 Å². The molecule has 0 spiro atoms. The maximum atomic E-state index is 12.9. The Morgan fingerprint density at radius 3 is 2.36 bits per heavy atom. The van der Waals surface area contributed by atoms with Gasteiger partial charge in [-0.3, -0.25) is 4.79 Å². The van der Waals surface area contributed by atoms with E-state index in [1.165, 1.54) is 0 Å². The van der Waals surface area contributed by atoms with Crippen molar-refractivity contribution in [2.24, 2.45) is 0 Å². The van der Waals surface area contributed by atoms with Gasteiger partial charge in [-0.25, -0.2) is 0 Å². The van der Waals surface area contributed by atoms with Crippen LogP contribution in [0.15, 0.2) is 77.6 Å². The van der Waals surface area contributed by atoms with Crippen molar-refractivity contribution < 1.29 is 13.9 Å². The van der Waals surface area contributed by atoms with Crippen LogP contribution in [-0.2, 0) is 11.3 Å². The van der Waals surface area contributed by atoms with Crippen LogP contribution in [-0.4, -0.2) is 31.1 Å². The van der Waals surface area contributed by atoms with Gasteiger partial charge in [0.15, 0.2) is 0 Å². The fourth-order valence-electron chi connectivity index (χ4n) is 2.68. The zero-order valence-electron chi connectivity index (χ0n) is 14.2. The molecule has 0 saturated heterocycles. The topological polar surface area (TPSA) is 42.7 Å². The molecule has 0 unspecified atom stereocenters. The van der Waals surface area contributed by atoms with E-state index in [4.69, 9.17) is 9.15 Å². The summed E-state index contributed by atoms with van der Waals surface area (Å²) in [7, 11) is 1.63. The molecule has 0 saturated carbocycles. The second-order valence-electron chi connectivity index (χ2n) is 5.79. The van der Waals surface area contributed by atoms with E-state index in [9.17, 15) is 4.79 Å². The molecule has 4 heteroatoms. The molecule has 0 radical (unpaired) electrons. The summed E-state index contributed by atoms with van der Waals surface area (Å²) >= 11 is 0. The molecule has 0 N–H and O–H groups in total. The van der Waals surface area contributed by atoms with Gasteiger partial charge < -0.3 is 14.1 Å². The van der Waals surface area contributed by atoms with Gasteiger partial charge in [0, 0.05) is 31.3 Å². The number of methoxy groups -OCH3 is 1. The summed E-state index contributed by atoms with van der Waals surface area (Å²) in [5, 5.41) is 0. The molecule has 25 heavy (non-hydrogen) atoms. The number of ether oxygens (including phenoxy) is 1. The van der Waals surface area contributed by atoms with Crippen molar-refractivity contribution in [3.63, 3.8) is 0 Å². The Kier molecular flexibility index (Phi) is 5.65. The van der Waals surface area contributed by atoms with E-state index in [2.05, 4.69) is 12.1 Å². The van der Waals surface area contributed by atoms with Crippen molar-refractivity contribution in [2.75, 3.05) is 20.3 Å². The first kappa shape index (κ1) is 17.0. The van der Waals surface area contributed by atoms with Crippen LogP contribution in [0.1, 0.15) is 15.9 Å².